The van der Waals surface area contributed by atoms with Crippen molar-refractivity contribution in [3.63, 3.8) is 0 Å². The molecule has 0 atom stereocenters. The highest BCUT2D eigenvalue weighted by Crippen LogP contribution is 2.09. The van der Waals surface area contributed by atoms with Crippen LogP contribution in [0.25, 0.3) is 0 Å². The van der Waals surface area contributed by atoms with Gasteiger partial charge < -0.3 is 10.4 Å². The average Bonchev–Trinajstić information content (AvgIpc) is 2.74. The van der Waals surface area contributed by atoms with Crippen molar-refractivity contribution in [1.29, 1.82) is 0 Å². The molecule has 0 fully saturated rings. The van der Waals surface area contributed by atoms with Crippen LogP contribution in [0.1, 0.15) is 32.7 Å². The van der Waals surface area contributed by atoms with Crippen molar-refractivity contribution < 1.29 is 19.5 Å². The molecule has 8 nitrogen and oxygen atoms in total. The number of hydrogen-bond acceptors (Lipinski definition) is 4. The summed E-state index contributed by atoms with van der Waals surface area (Å²) in [5.41, 5.74) is 0.456. The van der Waals surface area contributed by atoms with Crippen molar-refractivity contribution >= 4 is 23.6 Å². The Labute approximate surface area is 109 Å². The number of aliphatic carboxylic acids is 1. The molecule has 0 bridgehead atoms. The van der Waals surface area contributed by atoms with Crippen LogP contribution in [-0.4, -0.2) is 32.8 Å². The summed E-state index contributed by atoms with van der Waals surface area (Å²) in [6, 6.07) is -0.547. The average molecular weight is 268 g/mol. The largest absolute Gasteiger partial charge is 0.481 e. The molecule has 0 aliphatic rings. The molecule has 0 radical (unpaired) electrons. The maximum atomic E-state index is 11.4. The lowest BCUT2D eigenvalue weighted by atomic mass is 10.3. The van der Waals surface area contributed by atoms with E-state index in [1.165, 1.54) is 6.20 Å². The van der Waals surface area contributed by atoms with E-state index in [1.54, 1.807) is 10.9 Å². The van der Waals surface area contributed by atoms with Gasteiger partial charge in [0.15, 0.2) is 0 Å². The third-order valence-corrected chi connectivity index (χ3v) is 2.21. The Bertz CT molecular complexity index is 481. The Hall–Kier alpha value is -2.38. The highest BCUT2D eigenvalue weighted by Gasteiger charge is 2.10. The first-order valence-corrected chi connectivity index (χ1v) is 5.75. The molecule has 0 saturated carbocycles. The molecule has 0 saturated heterocycles. The zero-order valence-corrected chi connectivity index (χ0v) is 10.7. The number of hydrogen-bond donors (Lipinski definition) is 3. The number of imide groups is 1. The van der Waals surface area contributed by atoms with Crippen molar-refractivity contribution in [1.82, 2.24) is 15.1 Å². The van der Waals surface area contributed by atoms with Crippen LogP contribution >= 0.6 is 0 Å². The summed E-state index contributed by atoms with van der Waals surface area (Å²) < 4.78 is 1.65. The van der Waals surface area contributed by atoms with E-state index in [0.29, 0.717) is 5.69 Å². The molecule has 104 valence electrons. The monoisotopic (exact) mass is 268 g/mol. The number of nitrogens with one attached hydrogen (secondary N) is 2. The molecular weight excluding hydrogens is 252 g/mol. The first kappa shape index (κ1) is 14.7. The number of rotatable bonds is 5. The van der Waals surface area contributed by atoms with Crippen molar-refractivity contribution in [2.45, 2.75) is 32.7 Å². The molecule has 0 aliphatic heterocycles. The van der Waals surface area contributed by atoms with E-state index in [9.17, 15) is 14.4 Å². The molecular formula is C11H16N4O4. The van der Waals surface area contributed by atoms with E-state index >= 15 is 0 Å². The fourth-order valence-corrected chi connectivity index (χ4v) is 1.26. The molecule has 0 aromatic carbocycles. The summed E-state index contributed by atoms with van der Waals surface area (Å²) in [5.74, 6) is -1.73. The standard InChI is InChI=1S/C11H16N4O4/c1-7(2)15-6-8(5-12-15)13-11(19)14-9(16)3-4-10(17)18/h5-7H,3-4H2,1-2H3,(H,17,18)(H2,13,14,16,19). The lowest BCUT2D eigenvalue weighted by molar-refractivity contribution is -0.138. The van der Waals surface area contributed by atoms with Gasteiger partial charge in [0, 0.05) is 18.7 Å². The minimum Gasteiger partial charge on any atom is -0.481 e. The predicted molar refractivity (Wildman–Crippen MR) is 66.6 cm³/mol. The zero-order chi connectivity index (χ0) is 14.4. The molecule has 1 heterocycles. The van der Waals surface area contributed by atoms with E-state index in [2.05, 4.69) is 10.4 Å². The van der Waals surface area contributed by atoms with Crippen LogP contribution in [0.15, 0.2) is 12.4 Å². The first-order chi connectivity index (χ1) is 8.88. The summed E-state index contributed by atoms with van der Waals surface area (Å²) in [6.45, 7) is 3.87. The Morgan fingerprint density at radius 1 is 1.37 bits per heavy atom. The van der Waals surface area contributed by atoms with Crippen LogP contribution in [0.4, 0.5) is 10.5 Å². The molecule has 1 aromatic rings. The van der Waals surface area contributed by atoms with E-state index in [4.69, 9.17) is 5.11 Å². The minimum absolute atomic E-state index is 0.163. The summed E-state index contributed by atoms with van der Waals surface area (Å²) >= 11 is 0. The molecule has 0 spiro atoms. The summed E-state index contributed by atoms with van der Waals surface area (Å²) in [7, 11) is 0. The number of amides is 3. The smallest absolute Gasteiger partial charge is 0.325 e. The Kier molecular flexibility index (Phi) is 5.04. The van der Waals surface area contributed by atoms with Gasteiger partial charge in [0.2, 0.25) is 5.91 Å². The van der Waals surface area contributed by atoms with Crippen LogP contribution in [0.2, 0.25) is 0 Å². The van der Waals surface area contributed by atoms with Gasteiger partial charge in [-0.05, 0) is 13.8 Å². The molecule has 3 amide bonds. The van der Waals surface area contributed by atoms with Gasteiger partial charge in [-0.2, -0.15) is 5.10 Å². The van der Waals surface area contributed by atoms with Crippen molar-refractivity contribution in [2.75, 3.05) is 5.32 Å². The molecule has 0 unspecified atom stereocenters. The number of anilines is 1. The molecule has 8 heteroatoms. The quantitative estimate of drug-likeness (QED) is 0.736. The van der Waals surface area contributed by atoms with Gasteiger partial charge in [-0.3, -0.25) is 19.6 Å². The van der Waals surface area contributed by atoms with Gasteiger partial charge >= 0.3 is 12.0 Å². The van der Waals surface area contributed by atoms with E-state index in [1.807, 2.05) is 19.2 Å². The molecule has 0 aliphatic carbocycles. The molecule has 19 heavy (non-hydrogen) atoms. The maximum absolute atomic E-state index is 11.4. The Balaban J connectivity index is 2.42. The Morgan fingerprint density at radius 2 is 2.05 bits per heavy atom. The summed E-state index contributed by atoms with van der Waals surface area (Å²) in [5, 5.41) is 16.9. The Morgan fingerprint density at radius 3 is 2.58 bits per heavy atom. The van der Waals surface area contributed by atoms with Gasteiger partial charge in [0.1, 0.15) is 0 Å². The van der Waals surface area contributed by atoms with Gasteiger partial charge in [-0.25, -0.2) is 4.79 Å². The highest BCUT2D eigenvalue weighted by molar-refractivity contribution is 6.01. The van der Waals surface area contributed by atoms with Crippen LogP contribution in [-0.2, 0) is 9.59 Å². The molecule has 3 N–H and O–H groups in total. The third-order valence-electron chi connectivity index (χ3n) is 2.21. The van der Waals surface area contributed by atoms with E-state index in [0.717, 1.165) is 0 Å². The van der Waals surface area contributed by atoms with E-state index in [-0.39, 0.29) is 18.9 Å². The van der Waals surface area contributed by atoms with E-state index < -0.39 is 17.9 Å². The van der Waals surface area contributed by atoms with Crippen molar-refractivity contribution in [3.8, 4) is 0 Å². The summed E-state index contributed by atoms with van der Waals surface area (Å²) in [4.78, 5) is 32.9. The van der Waals surface area contributed by atoms with Crippen molar-refractivity contribution in [2.24, 2.45) is 0 Å². The fraction of sp³-hybridized carbons (Fsp3) is 0.455. The number of carbonyl (C=O) groups is 3. The predicted octanol–water partition coefficient (Wildman–Crippen LogP) is 0.977. The second kappa shape index (κ2) is 6.53. The van der Waals surface area contributed by atoms with Gasteiger partial charge in [0.05, 0.1) is 18.3 Å². The van der Waals surface area contributed by atoms with Gasteiger partial charge in [0.25, 0.3) is 0 Å². The third kappa shape index (κ3) is 5.19. The zero-order valence-electron chi connectivity index (χ0n) is 10.7. The number of aromatic nitrogens is 2. The second-order valence-electron chi connectivity index (χ2n) is 4.20. The summed E-state index contributed by atoms with van der Waals surface area (Å²) in [6.07, 6.45) is 2.53. The number of carboxylic acid groups (broad SMARTS) is 1. The van der Waals surface area contributed by atoms with Crippen LogP contribution in [0, 0.1) is 0 Å². The molecule has 1 aromatic heterocycles. The van der Waals surface area contributed by atoms with Gasteiger partial charge in [-0.1, -0.05) is 0 Å². The van der Waals surface area contributed by atoms with Gasteiger partial charge in [-0.15, -0.1) is 0 Å². The number of carbonyl (C=O) groups excluding carboxylic acids is 2. The topological polar surface area (TPSA) is 113 Å². The molecule has 1 rings (SSSR count). The number of nitrogens with zero attached hydrogens (tertiary/aromatic N) is 2. The highest BCUT2D eigenvalue weighted by atomic mass is 16.4. The van der Waals surface area contributed by atoms with Crippen LogP contribution in [0.3, 0.4) is 0 Å². The fourth-order valence-electron chi connectivity index (χ4n) is 1.26. The number of carboxylic acids is 1. The van der Waals surface area contributed by atoms with Crippen molar-refractivity contribution in [3.05, 3.63) is 12.4 Å². The lowest BCUT2D eigenvalue weighted by Crippen LogP contribution is -2.34. The maximum Gasteiger partial charge on any atom is 0.325 e. The lowest BCUT2D eigenvalue weighted by Gasteiger charge is -2.05. The van der Waals surface area contributed by atoms with Crippen LogP contribution < -0.4 is 10.6 Å². The SMILES string of the molecule is CC(C)n1cc(NC(=O)NC(=O)CCC(=O)O)cn1. The normalized spacial score (nSPS) is 10.3. The first-order valence-electron chi connectivity index (χ1n) is 5.75. The minimum atomic E-state index is -1.09. The van der Waals surface area contributed by atoms with Crippen LogP contribution in [0.5, 0.6) is 0 Å². The second-order valence-corrected chi connectivity index (χ2v) is 4.20. The number of urea groups is 1.